The molecule has 1 aromatic carbocycles. The summed E-state index contributed by atoms with van der Waals surface area (Å²) in [6, 6.07) is 4.75. The summed E-state index contributed by atoms with van der Waals surface area (Å²) in [7, 11) is -3.70. The van der Waals surface area contributed by atoms with Gasteiger partial charge in [0, 0.05) is 19.1 Å². The molecule has 1 aliphatic heterocycles. The fraction of sp³-hybridized carbons (Fsp3) is 0.632. The molecule has 0 radical (unpaired) electrons. The lowest BCUT2D eigenvalue weighted by Gasteiger charge is -2.32. The van der Waals surface area contributed by atoms with E-state index in [4.69, 9.17) is 16.3 Å². The Morgan fingerprint density at radius 3 is 2.67 bits per heavy atom. The third kappa shape index (κ3) is 4.76. The number of rotatable bonds is 6. The van der Waals surface area contributed by atoms with Crippen molar-refractivity contribution in [2.75, 3.05) is 19.7 Å². The van der Waals surface area contributed by atoms with Crippen LogP contribution in [0.3, 0.4) is 0 Å². The van der Waals surface area contributed by atoms with Crippen molar-refractivity contribution in [1.29, 1.82) is 0 Å². The van der Waals surface area contributed by atoms with Crippen LogP contribution >= 0.6 is 11.6 Å². The zero-order chi connectivity index (χ0) is 19.4. The van der Waals surface area contributed by atoms with E-state index in [1.807, 2.05) is 6.92 Å². The van der Waals surface area contributed by atoms with E-state index in [-0.39, 0.29) is 34.3 Å². The quantitative estimate of drug-likeness (QED) is 0.775. The molecule has 1 aliphatic carbocycles. The maximum atomic E-state index is 13.0. The molecule has 1 atom stereocenters. The highest BCUT2D eigenvalue weighted by Gasteiger charge is 2.34. The molecular weight excluding hydrogens is 388 g/mol. The Balaban J connectivity index is 1.70. The van der Waals surface area contributed by atoms with E-state index in [1.54, 1.807) is 6.07 Å². The van der Waals surface area contributed by atoms with Gasteiger partial charge in [-0.05, 0) is 50.8 Å². The van der Waals surface area contributed by atoms with E-state index in [0.717, 1.165) is 25.7 Å². The van der Waals surface area contributed by atoms with E-state index in [1.165, 1.54) is 16.4 Å². The van der Waals surface area contributed by atoms with Crippen LogP contribution in [0.15, 0.2) is 23.1 Å². The van der Waals surface area contributed by atoms with Crippen LogP contribution in [0.25, 0.3) is 0 Å². The van der Waals surface area contributed by atoms with Crippen molar-refractivity contribution in [3.8, 4) is 5.75 Å². The molecule has 0 aromatic heterocycles. The van der Waals surface area contributed by atoms with Crippen LogP contribution in [0.2, 0.25) is 5.02 Å². The van der Waals surface area contributed by atoms with Crippen LogP contribution in [0.1, 0.15) is 45.4 Å². The van der Waals surface area contributed by atoms with Gasteiger partial charge in [0.1, 0.15) is 5.75 Å². The molecule has 1 amide bonds. The predicted molar refractivity (Wildman–Crippen MR) is 105 cm³/mol. The van der Waals surface area contributed by atoms with Gasteiger partial charge in [0.15, 0.2) is 0 Å². The second kappa shape index (κ2) is 8.80. The average Bonchev–Trinajstić information content (AvgIpc) is 3.16. The van der Waals surface area contributed by atoms with Gasteiger partial charge in [0.2, 0.25) is 15.9 Å². The monoisotopic (exact) mass is 414 g/mol. The molecular formula is C19H27ClN2O4S. The van der Waals surface area contributed by atoms with Crippen LogP contribution in [0.4, 0.5) is 0 Å². The highest BCUT2D eigenvalue weighted by Crippen LogP contribution is 2.30. The molecule has 6 nitrogen and oxygen atoms in total. The summed E-state index contributed by atoms with van der Waals surface area (Å²) >= 11 is 6.16. The summed E-state index contributed by atoms with van der Waals surface area (Å²) in [5.41, 5.74) is 0. The topological polar surface area (TPSA) is 75.7 Å². The van der Waals surface area contributed by atoms with Gasteiger partial charge < -0.3 is 10.1 Å². The highest BCUT2D eigenvalue weighted by molar-refractivity contribution is 7.89. The number of carbonyl (C=O) groups excluding carboxylic acids is 1. The Morgan fingerprint density at radius 2 is 2.00 bits per heavy atom. The molecule has 1 heterocycles. The van der Waals surface area contributed by atoms with Crippen LogP contribution in [-0.4, -0.2) is 44.4 Å². The summed E-state index contributed by atoms with van der Waals surface area (Å²) in [5, 5.41) is 3.36. The summed E-state index contributed by atoms with van der Waals surface area (Å²) < 4.78 is 32.8. The van der Waals surface area contributed by atoms with Gasteiger partial charge in [-0.25, -0.2) is 8.42 Å². The number of benzene rings is 1. The third-order valence-electron chi connectivity index (χ3n) is 5.30. The molecule has 0 bridgehead atoms. The predicted octanol–water partition coefficient (Wildman–Crippen LogP) is 3.20. The van der Waals surface area contributed by atoms with E-state index in [2.05, 4.69) is 5.32 Å². The fourth-order valence-electron chi connectivity index (χ4n) is 3.83. The minimum Gasteiger partial charge on any atom is -0.492 e. The standard InChI is InChI=1S/C19H27ClN2O4S/c1-2-26-18-10-9-16(12-17(18)20)27(24,25)22-11-5-6-14(13-22)19(23)21-15-7-3-4-8-15/h9-10,12,14-15H,2-8,11,13H2,1H3,(H,21,23)/t14-/m0/s1. The number of nitrogens with one attached hydrogen (secondary N) is 1. The molecule has 1 aromatic rings. The van der Waals surface area contributed by atoms with Gasteiger partial charge in [-0.2, -0.15) is 4.31 Å². The second-order valence-electron chi connectivity index (χ2n) is 7.22. The number of ether oxygens (including phenoxy) is 1. The molecule has 8 heteroatoms. The number of hydrogen-bond acceptors (Lipinski definition) is 4. The van der Waals surface area contributed by atoms with Crippen LogP contribution in [0, 0.1) is 5.92 Å². The first kappa shape index (κ1) is 20.4. The normalized spacial score (nSPS) is 21.9. The summed E-state index contributed by atoms with van der Waals surface area (Å²) in [4.78, 5) is 12.7. The molecule has 3 rings (SSSR count). The SMILES string of the molecule is CCOc1ccc(S(=O)(=O)N2CCC[C@H](C(=O)NC3CCCC3)C2)cc1Cl. The van der Waals surface area contributed by atoms with Crippen molar-refractivity contribution in [2.45, 2.75) is 56.4 Å². The maximum absolute atomic E-state index is 13.0. The fourth-order valence-corrected chi connectivity index (χ4v) is 5.68. The zero-order valence-corrected chi connectivity index (χ0v) is 17.2. The van der Waals surface area contributed by atoms with Crippen molar-refractivity contribution in [3.63, 3.8) is 0 Å². The Morgan fingerprint density at radius 1 is 1.26 bits per heavy atom. The van der Waals surface area contributed by atoms with Crippen molar-refractivity contribution >= 4 is 27.5 Å². The number of amides is 1. The van der Waals surface area contributed by atoms with Crippen molar-refractivity contribution in [2.24, 2.45) is 5.92 Å². The number of piperidine rings is 1. The number of halogens is 1. The molecule has 2 fully saturated rings. The molecule has 1 saturated heterocycles. The molecule has 1 saturated carbocycles. The summed E-state index contributed by atoms with van der Waals surface area (Å²) in [5.74, 6) is 0.143. The molecule has 0 spiro atoms. The first-order valence-corrected chi connectivity index (χ1v) is 11.5. The summed E-state index contributed by atoms with van der Waals surface area (Å²) in [6.45, 7) is 2.92. The second-order valence-corrected chi connectivity index (χ2v) is 9.56. The molecule has 27 heavy (non-hydrogen) atoms. The molecule has 2 aliphatic rings. The highest BCUT2D eigenvalue weighted by atomic mass is 35.5. The zero-order valence-electron chi connectivity index (χ0n) is 15.6. The lowest BCUT2D eigenvalue weighted by Crippen LogP contribution is -2.47. The number of carbonyl (C=O) groups is 1. The van der Waals surface area contributed by atoms with Crippen LogP contribution < -0.4 is 10.1 Å². The van der Waals surface area contributed by atoms with E-state index in [0.29, 0.717) is 31.7 Å². The van der Waals surface area contributed by atoms with E-state index >= 15 is 0 Å². The van der Waals surface area contributed by atoms with Gasteiger partial charge in [-0.1, -0.05) is 24.4 Å². The molecule has 150 valence electrons. The smallest absolute Gasteiger partial charge is 0.243 e. The van der Waals surface area contributed by atoms with Gasteiger partial charge in [0.05, 0.1) is 22.4 Å². The largest absolute Gasteiger partial charge is 0.492 e. The number of hydrogen-bond donors (Lipinski definition) is 1. The minimum atomic E-state index is -3.70. The maximum Gasteiger partial charge on any atom is 0.243 e. The average molecular weight is 415 g/mol. The summed E-state index contributed by atoms with van der Waals surface area (Å²) in [6.07, 6.45) is 5.72. The Hall–Kier alpha value is -1.31. The molecule has 0 unspecified atom stereocenters. The Kier molecular flexibility index (Phi) is 6.65. The van der Waals surface area contributed by atoms with Crippen molar-refractivity contribution < 1.29 is 17.9 Å². The van der Waals surface area contributed by atoms with Gasteiger partial charge in [-0.3, -0.25) is 4.79 Å². The number of nitrogens with zero attached hydrogens (tertiary/aromatic N) is 1. The van der Waals surface area contributed by atoms with Gasteiger partial charge in [-0.15, -0.1) is 0 Å². The Labute approximate surface area is 166 Å². The first-order valence-electron chi connectivity index (χ1n) is 9.64. The van der Waals surface area contributed by atoms with Crippen molar-refractivity contribution in [1.82, 2.24) is 9.62 Å². The molecule has 1 N–H and O–H groups in total. The first-order chi connectivity index (χ1) is 12.9. The van der Waals surface area contributed by atoms with Crippen molar-refractivity contribution in [3.05, 3.63) is 23.2 Å². The van der Waals surface area contributed by atoms with Crippen LogP contribution in [0.5, 0.6) is 5.75 Å². The van der Waals surface area contributed by atoms with Crippen LogP contribution in [-0.2, 0) is 14.8 Å². The third-order valence-corrected chi connectivity index (χ3v) is 7.45. The lowest BCUT2D eigenvalue weighted by atomic mass is 9.98. The number of sulfonamides is 1. The minimum absolute atomic E-state index is 0.0217. The van der Waals surface area contributed by atoms with E-state index in [9.17, 15) is 13.2 Å². The van der Waals surface area contributed by atoms with Gasteiger partial charge >= 0.3 is 0 Å². The lowest BCUT2D eigenvalue weighted by molar-refractivity contribution is -0.126. The van der Waals surface area contributed by atoms with E-state index < -0.39 is 10.0 Å². The Bertz CT molecular complexity index is 778. The van der Waals surface area contributed by atoms with Gasteiger partial charge in [0.25, 0.3) is 0 Å².